The summed E-state index contributed by atoms with van der Waals surface area (Å²) in [6.07, 6.45) is 1.30. The first-order chi connectivity index (χ1) is 9.10. The van der Waals surface area contributed by atoms with Gasteiger partial charge in [0, 0.05) is 12.0 Å². The molecule has 0 saturated heterocycles. The molecule has 2 aromatic carbocycles. The van der Waals surface area contributed by atoms with Crippen LogP contribution in [0, 0.1) is 12.7 Å². The standard InChI is InChI=1S/C17H17FO/c1-3-13-5-7-14(8-6-13)10-17(19)16-11-15(18)9-4-12(16)2/h4-9,11H,3,10H2,1-2H3. The van der Waals surface area contributed by atoms with Crippen LogP contribution >= 0.6 is 0 Å². The normalized spacial score (nSPS) is 10.5. The zero-order valence-electron chi connectivity index (χ0n) is 11.2. The molecule has 2 heteroatoms. The number of ketones is 1. The van der Waals surface area contributed by atoms with E-state index in [1.807, 2.05) is 31.2 Å². The Hall–Kier alpha value is -1.96. The first-order valence-electron chi connectivity index (χ1n) is 6.47. The van der Waals surface area contributed by atoms with Crippen LogP contribution in [0.25, 0.3) is 0 Å². The second-order valence-corrected chi connectivity index (χ2v) is 4.73. The van der Waals surface area contributed by atoms with Crippen molar-refractivity contribution in [3.8, 4) is 0 Å². The minimum atomic E-state index is -0.365. The number of hydrogen-bond donors (Lipinski definition) is 0. The molecule has 0 N–H and O–H groups in total. The van der Waals surface area contributed by atoms with Gasteiger partial charge in [0.15, 0.2) is 5.78 Å². The zero-order chi connectivity index (χ0) is 13.8. The third-order valence-electron chi connectivity index (χ3n) is 3.30. The van der Waals surface area contributed by atoms with Crippen molar-refractivity contribution >= 4 is 5.78 Å². The third-order valence-corrected chi connectivity index (χ3v) is 3.30. The van der Waals surface area contributed by atoms with Crippen molar-refractivity contribution in [1.82, 2.24) is 0 Å². The molecule has 2 aromatic rings. The molecule has 0 atom stereocenters. The zero-order valence-corrected chi connectivity index (χ0v) is 11.2. The fraction of sp³-hybridized carbons (Fsp3) is 0.235. The summed E-state index contributed by atoms with van der Waals surface area (Å²) in [5, 5.41) is 0. The van der Waals surface area contributed by atoms with Crippen LogP contribution in [0.15, 0.2) is 42.5 Å². The lowest BCUT2D eigenvalue weighted by Gasteiger charge is -2.06. The maximum atomic E-state index is 13.2. The van der Waals surface area contributed by atoms with Gasteiger partial charge in [-0.3, -0.25) is 4.79 Å². The highest BCUT2D eigenvalue weighted by atomic mass is 19.1. The van der Waals surface area contributed by atoms with Gasteiger partial charge in [-0.2, -0.15) is 0 Å². The number of hydrogen-bond acceptors (Lipinski definition) is 1. The lowest BCUT2D eigenvalue weighted by Crippen LogP contribution is -2.06. The van der Waals surface area contributed by atoms with E-state index >= 15 is 0 Å². The Labute approximate surface area is 113 Å². The molecule has 0 aliphatic carbocycles. The van der Waals surface area contributed by atoms with E-state index in [1.165, 1.54) is 17.7 Å². The summed E-state index contributed by atoms with van der Waals surface area (Å²) in [5.41, 5.74) is 3.50. The quantitative estimate of drug-likeness (QED) is 0.752. The van der Waals surface area contributed by atoms with E-state index in [2.05, 4.69) is 6.92 Å². The van der Waals surface area contributed by atoms with Crippen LogP contribution in [0.5, 0.6) is 0 Å². The number of rotatable bonds is 4. The van der Waals surface area contributed by atoms with Crippen molar-refractivity contribution in [2.45, 2.75) is 26.7 Å². The molecule has 0 aliphatic heterocycles. The van der Waals surface area contributed by atoms with E-state index in [0.29, 0.717) is 12.0 Å². The molecule has 0 aliphatic rings. The van der Waals surface area contributed by atoms with Crippen molar-refractivity contribution < 1.29 is 9.18 Å². The molecule has 0 fully saturated rings. The predicted octanol–water partition coefficient (Wildman–Crippen LogP) is 4.12. The van der Waals surface area contributed by atoms with Crippen LogP contribution in [0.4, 0.5) is 4.39 Å². The summed E-state index contributed by atoms with van der Waals surface area (Å²) in [6, 6.07) is 12.3. The summed E-state index contributed by atoms with van der Waals surface area (Å²) >= 11 is 0. The predicted molar refractivity (Wildman–Crippen MR) is 75.0 cm³/mol. The topological polar surface area (TPSA) is 17.1 Å². The van der Waals surface area contributed by atoms with E-state index in [4.69, 9.17) is 0 Å². The number of Topliss-reactive ketones (excluding diaryl/α,β-unsaturated/α-hetero) is 1. The fourth-order valence-electron chi connectivity index (χ4n) is 2.07. The molecule has 1 nitrogen and oxygen atoms in total. The molecule has 0 aromatic heterocycles. The Kier molecular flexibility index (Phi) is 4.10. The van der Waals surface area contributed by atoms with Gasteiger partial charge in [-0.1, -0.05) is 37.3 Å². The first-order valence-corrected chi connectivity index (χ1v) is 6.47. The highest BCUT2D eigenvalue weighted by Gasteiger charge is 2.11. The monoisotopic (exact) mass is 256 g/mol. The van der Waals surface area contributed by atoms with E-state index in [1.54, 1.807) is 6.07 Å². The molecule has 0 amide bonds. The van der Waals surface area contributed by atoms with E-state index in [0.717, 1.165) is 17.5 Å². The summed E-state index contributed by atoms with van der Waals surface area (Å²) in [6.45, 7) is 3.92. The molecule has 0 radical (unpaired) electrons. The van der Waals surface area contributed by atoms with Crippen LogP contribution < -0.4 is 0 Å². The highest BCUT2D eigenvalue weighted by molar-refractivity contribution is 5.98. The van der Waals surface area contributed by atoms with Crippen molar-refractivity contribution in [2.75, 3.05) is 0 Å². The van der Waals surface area contributed by atoms with Gasteiger partial charge in [-0.05, 0) is 42.2 Å². The number of carbonyl (C=O) groups excluding carboxylic acids is 1. The van der Waals surface area contributed by atoms with Gasteiger partial charge in [0.2, 0.25) is 0 Å². The van der Waals surface area contributed by atoms with Gasteiger partial charge in [-0.25, -0.2) is 4.39 Å². The van der Waals surface area contributed by atoms with Gasteiger partial charge in [0.05, 0.1) is 0 Å². The summed E-state index contributed by atoms with van der Waals surface area (Å²) in [4.78, 5) is 12.2. The number of aryl methyl sites for hydroxylation is 2. The molecule has 19 heavy (non-hydrogen) atoms. The van der Waals surface area contributed by atoms with Gasteiger partial charge in [-0.15, -0.1) is 0 Å². The smallest absolute Gasteiger partial charge is 0.167 e. The van der Waals surface area contributed by atoms with Crippen LogP contribution in [0.2, 0.25) is 0 Å². The second kappa shape index (κ2) is 5.79. The Morgan fingerprint density at radius 3 is 2.32 bits per heavy atom. The Morgan fingerprint density at radius 2 is 1.68 bits per heavy atom. The minimum absolute atomic E-state index is 0.0405. The average Bonchev–Trinajstić information content (AvgIpc) is 2.42. The Morgan fingerprint density at radius 1 is 1.05 bits per heavy atom. The molecule has 0 spiro atoms. The average molecular weight is 256 g/mol. The van der Waals surface area contributed by atoms with Gasteiger partial charge in [0.25, 0.3) is 0 Å². The summed E-state index contributed by atoms with van der Waals surface area (Å²) in [5.74, 6) is -0.406. The molecular weight excluding hydrogens is 239 g/mol. The molecule has 98 valence electrons. The second-order valence-electron chi connectivity index (χ2n) is 4.73. The number of benzene rings is 2. The largest absolute Gasteiger partial charge is 0.294 e. The number of carbonyl (C=O) groups is 1. The maximum Gasteiger partial charge on any atom is 0.167 e. The summed E-state index contributed by atoms with van der Waals surface area (Å²) < 4.78 is 13.2. The minimum Gasteiger partial charge on any atom is -0.294 e. The molecule has 0 heterocycles. The molecule has 0 bridgehead atoms. The molecular formula is C17H17FO. The summed E-state index contributed by atoms with van der Waals surface area (Å²) in [7, 11) is 0. The Bertz CT molecular complexity index is 585. The SMILES string of the molecule is CCc1ccc(CC(=O)c2cc(F)ccc2C)cc1. The lowest BCUT2D eigenvalue weighted by molar-refractivity contribution is 0.0992. The van der Waals surface area contributed by atoms with Crippen molar-refractivity contribution in [3.05, 3.63) is 70.5 Å². The molecule has 0 unspecified atom stereocenters. The van der Waals surface area contributed by atoms with Crippen molar-refractivity contribution in [1.29, 1.82) is 0 Å². The van der Waals surface area contributed by atoms with Gasteiger partial charge in [0.1, 0.15) is 5.82 Å². The highest BCUT2D eigenvalue weighted by Crippen LogP contribution is 2.14. The van der Waals surface area contributed by atoms with E-state index < -0.39 is 0 Å². The third kappa shape index (κ3) is 3.28. The van der Waals surface area contributed by atoms with Crippen molar-refractivity contribution in [3.63, 3.8) is 0 Å². The molecule has 2 rings (SSSR count). The van der Waals surface area contributed by atoms with Crippen LogP contribution in [0.1, 0.15) is 34.0 Å². The fourth-order valence-corrected chi connectivity index (χ4v) is 2.07. The Balaban J connectivity index is 2.18. The maximum absolute atomic E-state index is 13.2. The van der Waals surface area contributed by atoms with Crippen molar-refractivity contribution in [2.24, 2.45) is 0 Å². The lowest BCUT2D eigenvalue weighted by atomic mass is 9.98. The van der Waals surface area contributed by atoms with Gasteiger partial charge >= 0.3 is 0 Å². The molecule has 0 saturated carbocycles. The number of halogens is 1. The van der Waals surface area contributed by atoms with Crippen LogP contribution in [-0.4, -0.2) is 5.78 Å². The van der Waals surface area contributed by atoms with E-state index in [9.17, 15) is 9.18 Å². The van der Waals surface area contributed by atoms with Gasteiger partial charge < -0.3 is 0 Å². The van der Waals surface area contributed by atoms with Crippen LogP contribution in [0.3, 0.4) is 0 Å². The van der Waals surface area contributed by atoms with E-state index in [-0.39, 0.29) is 11.6 Å². The first kappa shape index (κ1) is 13.5. The van der Waals surface area contributed by atoms with Crippen LogP contribution in [-0.2, 0) is 12.8 Å².